The first-order chi connectivity index (χ1) is 7.84. The van der Waals surface area contributed by atoms with E-state index in [2.05, 4.69) is 17.2 Å². The highest BCUT2D eigenvalue weighted by Crippen LogP contribution is 2.11. The number of amides is 1. The summed E-state index contributed by atoms with van der Waals surface area (Å²) in [6.07, 6.45) is 4.23. The molecule has 1 aromatic heterocycles. The van der Waals surface area contributed by atoms with Gasteiger partial charge < -0.3 is 5.32 Å². The Labute approximate surface area is 99.3 Å². The van der Waals surface area contributed by atoms with E-state index in [0.29, 0.717) is 12.5 Å². The predicted octanol–water partition coefficient (Wildman–Crippen LogP) is 2.98. The molecule has 0 fully saturated rings. The Hall–Kier alpha value is -1.38. The van der Waals surface area contributed by atoms with Crippen molar-refractivity contribution >= 4 is 6.41 Å². The first-order valence-corrected chi connectivity index (χ1v) is 5.91. The van der Waals surface area contributed by atoms with Crippen molar-refractivity contribution in [3.8, 4) is 0 Å². The maximum Gasteiger partial charge on any atom is 0.207 e. The molecular weight excluding hydrogens is 200 g/mol. The molecule has 0 aliphatic rings. The van der Waals surface area contributed by atoms with Crippen molar-refractivity contribution in [2.24, 2.45) is 0 Å². The molecule has 1 N–H and O–H groups in total. The second-order valence-corrected chi connectivity index (χ2v) is 2.71. The topological polar surface area (TPSA) is 42.0 Å². The molecule has 0 radical (unpaired) electrons. The van der Waals surface area contributed by atoms with Crippen LogP contribution >= 0.6 is 0 Å². The van der Waals surface area contributed by atoms with Crippen LogP contribution in [0.15, 0.2) is 24.5 Å². The molecule has 1 aromatic rings. The van der Waals surface area contributed by atoms with Crippen molar-refractivity contribution in [1.29, 1.82) is 0 Å². The quantitative estimate of drug-likeness (QED) is 0.799. The van der Waals surface area contributed by atoms with E-state index >= 15 is 0 Å². The Balaban J connectivity index is 0. The van der Waals surface area contributed by atoms with Gasteiger partial charge in [0, 0.05) is 18.9 Å². The summed E-state index contributed by atoms with van der Waals surface area (Å²) in [5, 5.41) is 2.65. The molecule has 1 amide bonds. The largest absolute Gasteiger partial charge is 0.358 e. The standard InChI is InChI=1S/C9H12N2O.2C2H6/c1-8(6-11-7-12)9-2-4-10-5-3-9;2*1-2/h2-5,7-8H,6H2,1H3,(H,11,12);2*1-2H3. The number of carbonyl (C=O) groups excluding carboxylic acids is 1. The van der Waals surface area contributed by atoms with Crippen LogP contribution in [-0.2, 0) is 4.79 Å². The number of hydrogen-bond acceptors (Lipinski definition) is 2. The van der Waals surface area contributed by atoms with Gasteiger partial charge in [-0.05, 0) is 23.6 Å². The SMILES string of the molecule is CC.CC.CC(CNC=O)c1ccncc1. The van der Waals surface area contributed by atoms with E-state index in [-0.39, 0.29) is 0 Å². The van der Waals surface area contributed by atoms with Gasteiger partial charge in [-0.25, -0.2) is 0 Å². The number of rotatable bonds is 4. The van der Waals surface area contributed by atoms with Gasteiger partial charge >= 0.3 is 0 Å². The highest BCUT2D eigenvalue weighted by atomic mass is 16.1. The van der Waals surface area contributed by atoms with Gasteiger partial charge in [-0.15, -0.1) is 0 Å². The number of nitrogens with one attached hydrogen (secondary N) is 1. The molecule has 0 saturated heterocycles. The van der Waals surface area contributed by atoms with Crippen molar-refractivity contribution in [2.75, 3.05) is 6.54 Å². The molecule has 3 nitrogen and oxygen atoms in total. The lowest BCUT2D eigenvalue weighted by Crippen LogP contribution is -2.17. The van der Waals surface area contributed by atoms with Gasteiger partial charge in [0.25, 0.3) is 0 Å². The van der Waals surface area contributed by atoms with Gasteiger partial charge in [0.15, 0.2) is 0 Å². The molecular formula is C13H24N2O. The lowest BCUT2D eigenvalue weighted by atomic mass is 10.0. The van der Waals surface area contributed by atoms with Gasteiger partial charge in [-0.2, -0.15) is 0 Å². The fourth-order valence-electron chi connectivity index (χ4n) is 1.03. The van der Waals surface area contributed by atoms with Crippen molar-refractivity contribution in [2.45, 2.75) is 40.5 Å². The predicted molar refractivity (Wildman–Crippen MR) is 69.4 cm³/mol. The van der Waals surface area contributed by atoms with E-state index in [1.54, 1.807) is 12.4 Å². The fourth-order valence-corrected chi connectivity index (χ4v) is 1.03. The second-order valence-electron chi connectivity index (χ2n) is 2.71. The van der Waals surface area contributed by atoms with Crippen LogP contribution in [-0.4, -0.2) is 17.9 Å². The lowest BCUT2D eigenvalue weighted by Gasteiger charge is -2.09. The fraction of sp³-hybridized carbons (Fsp3) is 0.538. The van der Waals surface area contributed by atoms with Crippen LogP contribution in [0.2, 0.25) is 0 Å². The minimum absolute atomic E-state index is 0.346. The van der Waals surface area contributed by atoms with Gasteiger partial charge in [-0.3, -0.25) is 9.78 Å². The van der Waals surface area contributed by atoms with Crippen molar-refractivity contribution in [3.63, 3.8) is 0 Å². The Morgan fingerprint density at radius 1 is 1.25 bits per heavy atom. The van der Waals surface area contributed by atoms with Crippen molar-refractivity contribution in [3.05, 3.63) is 30.1 Å². The van der Waals surface area contributed by atoms with E-state index in [4.69, 9.17) is 0 Å². The first-order valence-electron chi connectivity index (χ1n) is 5.91. The Morgan fingerprint density at radius 3 is 2.19 bits per heavy atom. The van der Waals surface area contributed by atoms with Crippen molar-refractivity contribution < 1.29 is 4.79 Å². The third-order valence-electron chi connectivity index (χ3n) is 1.78. The zero-order chi connectivity index (χ0) is 12.8. The summed E-state index contributed by atoms with van der Waals surface area (Å²) < 4.78 is 0. The Bertz CT molecular complexity index is 237. The summed E-state index contributed by atoms with van der Waals surface area (Å²) in [6, 6.07) is 3.91. The van der Waals surface area contributed by atoms with Crippen LogP contribution in [0, 0.1) is 0 Å². The molecule has 1 heterocycles. The molecule has 0 aliphatic carbocycles. The average molecular weight is 224 g/mol. The van der Waals surface area contributed by atoms with Gasteiger partial charge in [0.05, 0.1) is 0 Å². The average Bonchev–Trinajstić information content (AvgIpc) is 2.41. The molecule has 16 heavy (non-hydrogen) atoms. The van der Waals surface area contributed by atoms with Crippen LogP contribution < -0.4 is 5.32 Å². The molecule has 0 spiro atoms. The second kappa shape index (κ2) is 13.6. The molecule has 3 heteroatoms. The summed E-state index contributed by atoms with van der Waals surface area (Å²) in [7, 11) is 0. The Kier molecular flexibility index (Phi) is 14.5. The zero-order valence-corrected chi connectivity index (χ0v) is 11.0. The molecule has 0 aliphatic heterocycles. The summed E-state index contributed by atoms with van der Waals surface area (Å²) >= 11 is 0. The van der Waals surface area contributed by atoms with Crippen LogP contribution in [0.5, 0.6) is 0 Å². The first kappa shape index (κ1) is 17.0. The van der Waals surface area contributed by atoms with Crippen LogP contribution in [0.1, 0.15) is 46.1 Å². The van der Waals surface area contributed by atoms with E-state index in [1.807, 2.05) is 39.8 Å². The van der Waals surface area contributed by atoms with E-state index in [0.717, 1.165) is 6.41 Å². The molecule has 1 unspecified atom stereocenters. The van der Waals surface area contributed by atoms with E-state index in [1.165, 1.54) is 5.56 Å². The smallest absolute Gasteiger partial charge is 0.207 e. The molecule has 0 bridgehead atoms. The number of hydrogen-bond donors (Lipinski definition) is 1. The third kappa shape index (κ3) is 7.97. The maximum absolute atomic E-state index is 10.0. The maximum atomic E-state index is 10.0. The lowest BCUT2D eigenvalue weighted by molar-refractivity contribution is -0.109. The van der Waals surface area contributed by atoms with Crippen LogP contribution in [0.25, 0.3) is 0 Å². The molecule has 0 saturated carbocycles. The third-order valence-corrected chi connectivity index (χ3v) is 1.78. The number of carbonyl (C=O) groups is 1. The monoisotopic (exact) mass is 224 g/mol. The molecule has 1 rings (SSSR count). The van der Waals surface area contributed by atoms with Gasteiger partial charge in [0.1, 0.15) is 0 Å². The van der Waals surface area contributed by atoms with Crippen LogP contribution in [0.3, 0.4) is 0 Å². The van der Waals surface area contributed by atoms with Crippen LogP contribution in [0.4, 0.5) is 0 Å². The normalized spacial score (nSPS) is 9.81. The highest BCUT2D eigenvalue weighted by molar-refractivity contribution is 5.46. The molecule has 92 valence electrons. The molecule has 1 atom stereocenters. The Morgan fingerprint density at radius 2 is 1.75 bits per heavy atom. The van der Waals surface area contributed by atoms with Gasteiger partial charge in [-0.1, -0.05) is 34.6 Å². The summed E-state index contributed by atoms with van der Waals surface area (Å²) in [5.41, 5.74) is 1.19. The highest BCUT2D eigenvalue weighted by Gasteiger charge is 2.02. The molecule has 0 aromatic carbocycles. The van der Waals surface area contributed by atoms with Crippen molar-refractivity contribution in [1.82, 2.24) is 10.3 Å². The van der Waals surface area contributed by atoms with E-state index < -0.39 is 0 Å². The number of nitrogens with zero attached hydrogens (tertiary/aromatic N) is 1. The van der Waals surface area contributed by atoms with E-state index in [9.17, 15) is 4.79 Å². The number of pyridine rings is 1. The minimum Gasteiger partial charge on any atom is -0.358 e. The zero-order valence-electron chi connectivity index (χ0n) is 11.0. The summed E-state index contributed by atoms with van der Waals surface area (Å²) in [5.74, 6) is 0.346. The summed E-state index contributed by atoms with van der Waals surface area (Å²) in [4.78, 5) is 13.9. The van der Waals surface area contributed by atoms with Gasteiger partial charge in [0.2, 0.25) is 6.41 Å². The summed E-state index contributed by atoms with van der Waals surface area (Å²) in [6.45, 7) is 10.7. The number of aromatic nitrogens is 1. The minimum atomic E-state index is 0.346.